The highest BCUT2D eigenvalue weighted by molar-refractivity contribution is 5.28. The smallest absolute Gasteiger partial charge is 0.119 e. The fourth-order valence-corrected chi connectivity index (χ4v) is 1.51. The first-order valence-electron chi connectivity index (χ1n) is 6.14. The second-order valence-electron chi connectivity index (χ2n) is 4.47. The number of aliphatic hydroxyl groups excluding tert-OH is 1. The average molecular weight is 238 g/mol. The molecule has 0 aliphatic heterocycles. The molecule has 3 heteroatoms. The van der Waals surface area contributed by atoms with Crippen molar-refractivity contribution in [3.8, 4) is 5.75 Å². The van der Waals surface area contributed by atoms with Gasteiger partial charge in [-0.3, -0.25) is 0 Å². The van der Waals surface area contributed by atoms with Crippen LogP contribution in [0.25, 0.3) is 0 Å². The summed E-state index contributed by atoms with van der Waals surface area (Å²) in [5, 5.41) is 19.4. The Hall–Kier alpha value is -1.06. The fourth-order valence-electron chi connectivity index (χ4n) is 1.51. The maximum absolute atomic E-state index is 10.1. The summed E-state index contributed by atoms with van der Waals surface area (Å²) in [6.45, 7) is 5.92. The van der Waals surface area contributed by atoms with Gasteiger partial charge in [0.05, 0.1) is 11.7 Å². The van der Waals surface area contributed by atoms with E-state index in [1.54, 1.807) is 6.92 Å². The lowest BCUT2D eigenvalue weighted by Crippen LogP contribution is -2.34. The molecule has 0 saturated heterocycles. The maximum Gasteiger partial charge on any atom is 0.119 e. The normalized spacial score (nSPS) is 13.5. The van der Waals surface area contributed by atoms with Gasteiger partial charge in [-0.15, -0.1) is 0 Å². The Morgan fingerprint density at radius 3 is 2.12 bits per heavy atom. The maximum atomic E-state index is 10.1. The molecule has 0 saturated carbocycles. The first kappa shape index (κ1) is 14.0. The van der Waals surface area contributed by atoms with E-state index in [0.29, 0.717) is 19.4 Å². The van der Waals surface area contributed by atoms with Crippen LogP contribution in [0.1, 0.15) is 45.3 Å². The Morgan fingerprint density at radius 2 is 1.71 bits per heavy atom. The molecule has 0 aliphatic rings. The molecule has 96 valence electrons. The lowest BCUT2D eigenvalue weighted by Gasteiger charge is -2.25. The summed E-state index contributed by atoms with van der Waals surface area (Å²) >= 11 is 0. The Labute approximate surface area is 103 Å². The van der Waals surface area contributed by atoms with Crippen LogP contribution in [-0.2, 0) is 0 Å². The summed E-state index contributed by atoms with van der Waals surface area (Å²) in [4.78, 5) is 0. The van der Waals surface area contributed by atoms with E-state index in [0.717, 1.165) is 11.3 Å². The Morgan fingerprint density at radius 1 is 1.18 bits per heavy atom. The Bertz CT molecular complexity index is 326. The highest BCUT2D eigenvalue weighted by atomic mass is 16.5. The summed E-state index contributed by atoms with van der Waals surface area (Å²) in [6.07, 6.45) is 0.886. The van der Waals surface area contributed by atoms with Gasteiger partial charge in [0.2, 0.25) is 0 Å². The van der Waals surface area contributed by atoms with Gasteiger partial charge in [-0.05, 0) is 37.5 Å². The summed E-state index contributed by atoms with van der Waals surface area (Å²) in [6, 6.07) is 7.29. The standard InChI is InChI=1S/C14H22O3/c1-4-14(16,5-2)10-17-13-8-6-12(7-9-13)11(3)15/h6-9,11,15-16H,4-5,10H2,1-3H3. The highest BCUT2D eigenvalue weighted by Crippen LogP contribution is 2.20. The van der Waals surface area contributed by atoms with Crippen molar-refractivity contribution < 1.29 is 14.9 Å². The SMILES string of the molecule is CCC(O)(CC)COc1ccc(C(C)O)cc1. The molecule has 17 heavy (non-hydrogen) atoms. The Kier molecular flexibility index (Phi) is 4.97. The van der Waals surface area contributed by atoms with Gasteiger partial charge >= 0.3 is 0 Å². The third-order valence-corrected chi connectivity index (χ3v) is 3.19. The zero-order chi connectivity index (χ0) is 12.9. The molecule has 0 fully saturated rings. The number of aliphatic hydroxyl groups is 2. The van der Waals surface area contributed by atoms with Gasteiger partial charge < -0.3 is 14.9 Å². The minimum absolute atomic E-state index is 0.300. The first-order valence-corrected chi connectivity index (χ1v) is 6.14. The molecular formula is C14H22O3. The van der Waals surface area contributed by atoms with Crippen molar-refractivity contribution in [2.45, 2.75) is 45.3 Å². The summed E-state index contributed by atoms with van der Waals surface area (Å²) < 4.78 is 5.56. The minimum atomic E-state index is -0.747. The van der Waals surface area contributed by atoms with Crippen LogP contribution in [-0.4, -0.2) is 22.4 Å². The number of ether oxygens (including phenoxy) is 1. The van der Waals surface area contributed by atoms with Gasteiger partial charge in [-0.1, -0.05) is 26.0 Å². The molecule has 1 atom stereocenters. The van der Waals surface area contributed by atoms with Crippen LogP contribution in [0.5, 0.6) is 5.75 Å². The van der Waals surface area contributed by atoms with E-state index in [9.17, 15) is 10.2 Å². The lowest BCUT2D eigenvalue weighted by molar-refractivity contribution is -0.0113. The second-order valence-corrected chi connectivity index (χ2v) is 4.47. The van der Waals surface area contributed by atoms with Crippen LogP contribution in [0, 0.1) is 0 Å². The van der Waals surface area contributed by atoms with Crippen LogP contribution in [0.2, 0.25) is 0 Å². The minimum Gasteiger partial charge on any atom is -0.491 e. The number of benzene rings is 1. The molecule has 0 aromatic heterocycles. The summed E-state index contributed by atoms with van der Waals surface area (Å²) in [5.41, 5.74) is 0.113. The van der Waals surface area contributed by atoms with Gasteiger partial charge in [-0.25, -0.2) is 0 Å². The molecule has 1 unspecified atom stereocenters. The van der Waals surface area contributed by atoms with Crippen LogP contribution >= 0.6 is 0 Å². The molecule has 0 radical (unpaired) electrons. The van der Waals surface area contributed by atoms with Gasteiger partial charge in [-0.2, -0.15) is 0 Å². The van der Waals surface area contributed by atoms with Crippen LogP contribution in [0.3, 0.4) is 0 Å². The van der Waals surface area contributed by atoms with Gasteiger partial charge in [0.25, 0.3) is 0 Å². The molecule has 1 aromatic carbocycles. The van der Waals surface area contributed by atoms with Crippen molar-refractivity contribution in [3.63, 3.8) is 0 Å². The molecule has 1 rings (SSSR count). The zero-order valence-corrected chi connectivity index (χ0v) is 10.8. The quantitative estimate of drug-likeness (QED) is 0.801. The van der Waals surface area contributed by atoms with Gasteiger partial charge in [0.15, 0.2) is 0 Å². The van der Waals surface area contributed by atoms with Crippen molar-refractivity contribution in [1.29, 1.82) is 0 Å². The lowest BCUT2D eigenvalue weighted by atomic mass is 9.99. The predicted octanol–water partition coefficient (Wildman–Crippen LogP) is 2.67. The average Bonchev–Trinajstić information content (AvgIpc) is 2.36. The second kappa shape index (κ2) is 6.03. The van der Waals surface area contributed by atoms with E-state index >= 15 is 0 Å². The van der Waals surface area contributed by atoms with Crippen molar-refractivity contribution in [1.82, 2.24) is 0 Å². The Balaban J connectivity index is 2.58. The fraction of sp³-hybridized carbons (Fsp3) is 0.571. The number of rotatable bonds is 6. The number of hydrogen-bond acceptors (Lipinski definition) is 3. The topological polar surface area (TPSA) is 49.7 Å². The van der Waals surface area contributed by atoms with E-state index in [1.165, 1.54) is 0 Å². The summed E-state index contributed by atoms with van der Waals surface area (Å²) in [5.74, 6) is 0.717. The molecule has 0 amide bonds. The van der Waals surface area contributed by atoms with E-state index in [4.69, 9.17) is 4.74 Å². The predicted molar refractivity (Wildman–Crippen MR) is 68.1 cm³/mol. The van der Waals surface area contributed by atoms with Crippen LogP contribution in [0.4, 0.5) is 0 Å². The monoisotopic (exact) mass is 238 g/mol. The molecule has 3 nitrogen and oxygen atoms in total. The third-order valence-electron chi connectivity index (χ3n) is 3.19. The third kappa shape index (κ3) is 4.02. The van der Waals surface area contributed by atoms with Crippen LogP contribution in [0.15, 0.2) is 24.3 Å². The van der Waals surface area contributed by atoms with E-state index in [-0.39, 0.29) is 0 Å². The number of hydrogen-bond donors (Lipinski definition) is 2. The zero-order valence-electron chi connectivity index (χ0n) is 10.8. The van der Waals surface area contributed by atoms with Crippen molar-refractivity contribution >= 4 is 0 Å². The molecule has 0 heterocycles. The molecule has 2 N–H and O–H groups in total. The van der Waals surface area contributed by atoms with Gasteiger partial charge in [0, 0.05) is 0 Å². The molecule has 0 bridgehead atoms. The molecular weight excluding hydrogens is 216 g/mol. The van der Waals surface area contributed by atoms with Crippen LogP contribution < -0.4 is 4.74 Å². The van der Waals surface area contributed by atoms with Crippen molar-refractivity contribution in [2.75, 3.05) is 6.61 Å². The van der Waals surface area contributed by atoms with Crippen molar-refractivity contribution in [2.24, 2.45) is 0 Å². The van der Waals surface area contributed by atoms with E-state index in [1.807, 2.05) is 38.1 Å². The van der Waals surface area contributed by atoms with E-state index < -0.39 is 11.7 Å². The van der Waals surface area contributed by atoms with Gasteiger partial charge in [0.1, 0.15) is 12.4 Å². The molecule has 0 aliphatic carbocycles. The molecule has 1 aromatic rings. The highest BCUT2D eigenvalue weighted by Gasteiger charge is 2.22. The molecule has 0 spiro atoms. The van der Waals surface area contributed by atoms with Crippen molar-refractivity contribution in [3.05, 3.63) is 29.8 Å². The van der Waals surface area contributed by atoms with E-state index in [2.05, 4.69) is 0 Å². The summed E-state index contributed by atoms with van der Waals surface area (Å²) in [7, 11) is 0. The largest absolute Gasteiger partial charge is 0.491 e. The first-order chi connectivity index (χ1) is 8.00.